The summed E-state index contributed by atoms with van der Waals surface area (Å²) in [5.74, 6) is 1.56. The average molecular weight is 467 g/mol. The normalized spacial score (nSPS) is 11.1. The van der Waals surface area contributed by atoms with Crippen LogP contribution in [0.1, 0.15) is 11.3 Å². The molecule has 7 nitrogen and oxygen atoms in total. The van der Waals surface area contributed by atoms with Crippen LogP contribution in [0.3, 0.4) is 0 Å². The minimum absolute atomic E-state index is 0.0496. The molecule has 3 aromatic heterocycles. The van der Waals surface area contributed by atoms with Gasteiger partial charge in [0.1, 0.15) is 23.8 Å². The minimum Gasteiger partial charge on any atom is -0.497 e. The number of methoxy groups -OCH3 is 1. The first kappa shape index (κ1) is 22.4. The number of nitrogens with zero attached hydrogens (tertiary/aromatic N) is 4. The van der Waals surface area contributed by atoms with Crippen LogP contribution in [0.4, 0.5) is 0 Å². The van der Waals surface area contributed by atoms with Gasteiger partial charge in [-0.05, 0) is 67.1 Å². The molecule has 5 aromatic rings. The number of fused-ring (bicyclic) bond motifs is 1. The van der Waals surface area contributed by atoms with E-state index in [0.717, 1.165) is 56.0 Å². The first-order valence-corrected chi connectivity index (χ1v) is 11.3. The highest BCUT2D eigenvalue weighted by Gasteiger charge is 2.12. The molecule has 0 aliphatic heterocycles. The van der Waals surface area contributed by atoms with Crippen molar-refractivity contribution in [2.45, 2.75) is 13.5 Å². The fourth-order valence-corrected chi connectivity index (χ4v) is 4.18. The topological polar surface area (TPSA) is 71.2 Å². The summed E-state index contributed by atoms with van der Waals surface area (Å²) in [6, 6.07) is 19.3. The molecule has 0 aliphatic carbocycles. The lowest BCUT2D eigenvalue weighted by molar-refractivity contribution is 0.300. The molecular formula is C28H26N4O3. The maximum Gasteiger partial charge on any atom is 0.250 e. The van der Waals surface area contributed by atoms with Crippen molar-refractivity contribution in [2.75, 3.05) is 7.11 Å². The summed E-state index contributed by atoms with van der Waals surface area (Å²) in [5, 5.41) is 5.61. The second kappa shape index (κ2) is 9.10. The van der Waals surface area contributed by atoms with Gasteiger partial charge >= 0.3 is 0 Å². The molecule has 35 heavy (non-hydrogen) atoms. The van der Waals surface area contributed by atoms with E-state index in [1.807, 2.05) is 68.0 Å². The molecule has 5 rings (SSSR count). The lowest BCUT2D eigenvalue weighted by Gasteiger charge is -2.10. The van der Waals surface area contributed by atoms with E-state index in [4.69, 9.17) is 14.5 Å². The monoisotopic (exact) mass is 466 g/mol. The van der Waals surface area contributed by atoms with Crippen LogP contribution in [0.5, 0.6) is 11.5 Å². The molecule has 0 bridgehead atoms. The predicted octanol–water partition coefficient (Wildman–Crippen LogP) is 4.90. The third-order valence-corrected chi connectivity index (χ3v) is 6.02. The minimum atomic E-state index is -0.0496. The number of benzene rings is 2. The van der Waals surface area contributed by atoms with Crippen molar-refractivity contribution < 1.29 is 9.47 Å². The Morgan fingerprint density at radius 2 is 1.63 bits per heavy atom. The number of hydrogen-bond acceptors (Lipinski definition) is 5. The van der Waals surface area contributed by atoms with Crippen molar-refractivity contribution in [1.29, 1.82) is 0 Å². The van der Waals surface area contributed by atoms with Gasteiger partial charge in [-0.25, -0.2) is 4.98 Å². The quantitative estimate of drug-likeness (QED) is 0.356. The summed E-state index contributed by atoms with van der Waals surface area (Å²) in [4.78, 5) is 16.6. The van der Waals surface area contributed by atoms with E-state index in [9.17, 15) is 4.79 Å². The van der Waals surface area contributed by atoms with Crippen LogP contribution in [-0.4, -0.2) is 26.4 Å². The lowest BCUT2D eigenvalue weighted by atomic mass is 10.0. The zero-order valence-electron chi connectivity index (χ0n) is 20.1. The number of pyridine rings is 2. The van der Waals surface area contributed by atoms with Crippen molar-refractivity contribution in [3.05, 3.63) is 94.7 Å². The first-order valence-electron chi connectivity index (χ1n) is 11.3. The maximum absolute atomic E-state index is 11.8. The Balaban J connectivity index is 1.36. The van der Waals surface area contributed by atoms with Gasteiger partial charge in [0.05, 0.1) is 18.3 Å². The van der Waals surface area contributed by atoms with Gasteiger partial charge in [0, 0.05) is 54.6 Å². The molecule has 176 valence electrons. The van der Waals surface area contributed by atoms with Gasteiger partial charge in [0.25, 0.3) is 0 Å². The van der Waals surface area contributed by atoms with Crippen LogP contribution in [0.2, 0.25) is 0 Å². The van der Waals surface area contributed by atoms with Crippen LogP contribution < -0.4 is 15.0 Å². The first-order chi connectivity index (χ1) is 16.9. The van der Waals surface area contributed by atoms with E-state index < -0.39 is 0 Å². The zero-order valence-corrected chi connectivity index (χ0v) is 20.1. The van der Waals surface area contributed by atoms with E-state index >= 15 is 0 Å². The summed E-state index contributed by atoms with van der Waals surface area (Å²) in [6.45, 7) is 2.38. The molecule has 0 fully saturated rings. The van der Waals surface area contributed by atoms with Gasteiger partial charge < -0.3 is 14.0 Å². The van der Waals surface area contributed by atoms with Crippen LogP contribution in [-0.2, 0) is 20.7 Å². The molecule has 3 heterocycles. The Morgan fingerprint density at radius 3 is 2.37 bits per heavy atom. The summed E-state index contributed by atoms with van der Waals surface area (Å²) in [7, 11) is 5.28. The van der Waals surface area contributed by atoms with Gasteiger partial charge in [-0.2, -0.15) is 5.10 Å². The van der Waals surface area contributed by atoms with Gasteiger partial charge in [-0.3, -0.25) is 9.48 Å². The van der Waals surface area contributed by atoms with E-state index in [1.54, 1.807) is 29.5 Å². The van der Waals surface area contributed by atoms with E-state index in [1.165, 1.54) is 0 Å². The van der Waals surface area contributed by atoms with Gasteiger partial charge in [0.15, 0.2) is 0 Å². The third kappa shape index (κ3) is 4.53. The van der Waals surface area contributed by atoms with Crippen molar-refractivity contribution in [1.82, 2.24) is 19.3 Å². The Bertz CT molecular complexity index is 1580. The van der Waals surface area contributed by atoms with E-state index in [-0.39, 0.29) is 5.56 Å². The third-order valence-electron chi connectivity index (χ3n) is 6.02. The molecule has 2 aromatic carbocycles. The van der Waals surface area contributed by atoms with Gasteiger partial charge in [0.2, 0.25) is 5.56 Å². The van der Waals surface area contributed by atoms with Gasteiger partial charge in [-0.15, -0.1) is 0 Å². The highest BCUT2D eigenvalue weighted by Crippen LogP contribution is 2.29. The number of rotatable bonds is 6. The standard InChI is InChI=1S/C28H26N4O3/c1-18-13-21-14-23(34-4)10-11-25(21)29-28(18)19-5-8-22(9-6-19)35-17-26-24(16-32(3)30-26)20-7-12-27(33)31(2)15-20/h5-16H,17H2,1-4H3. The molecule has 0 saturated carbocycles. The van der Waals surface area contributed by atoms with Crippen molar-refractivity contribution in [2.24, 2.45) is 14.1 Å². The summed E-state index contributed by atoms with van der Waals surface area (Å²) >= 11 is 0. The molecule has 0 aliphatic rings. The fraction of sp³-hybridized carbons (Fsp3) is 0.179. The Morgan fingerprint density at radius 1 is 0.886 bits per heavy atom. The molecular weight excluding hydrogens is 440 g/mol. The zero-order chi connectivity index (χ0) is 24.5. The number of aryl methyl sites for hydroxylation is 3. The molecule has 0 spiro atoms. The van der Waals surface area contributed by atoms with Gasteiger partial charge in [-0.1, -0.05) is 0 Å². The highest BCUT2D eigenvalue weighted by molar-refractivity contribution is 5.84. The Labute approximate surface area is 203 Å². The summed E-state index contributed by atoms with van der Waals surface area (Å²) in [5.41, 5.74) is 6.59. The van der Waals surface area contributed by atoms with Crippen molar-refractivity contribution >= 4 is 10.9 Å². The second-order valence-corrected chi connectivity index (χ2v) is 8.56. The van der Waals surface area contributed by atoms with Crippen LogP contribution in [0, 0.1) is 6.92 Å². The average Bonchev–Trinajstić information content (AvgIpc) is 3.24. The molecule has 0 radical (unpaired) electrons. The highest BCUT2D eigenvalue weighted by atomic mass is 16.5. The lowest BCUT2D eigenvalue weighted by Crippen LogP contribution is -2.14. The molecule has 7 heteroatoms. The van der Waals surface area contributed by atoms with Crippen LogP contribution >= 0.6 is 0 Å². The smallest absolute Gasteiger partial charge is 0.250 e. The molecule has 0 amide bonds. The molecule has 0 N–H and O–H groups in total. The Hall–Kier alpha value is -4.39. The van der Waals surface area contributed by atoms with E-state index in [2.05, 4.69) is 18.1 Å². The predicted molar refractivity (Wildman–Crippen MR) is 137 cm³/mol. The maximum atomic E-state index is 11.8. The number of ether oxygens (including phenoxy) is 2. The van der Waals surface area contributed by atoms with Crippen LogP contribution in [0.15, 0.2) is 77.9 Å². The largest absolute Gasteiger partial charge is 0.497 e. The van der Waals surface area contributed by atoms with Crippen molar-refractivity contribution in [3.8, 4) is 33.9 Å². The second-order valence-electron chi connectivity index (χ2n) is 8.56. The molecule has 0 saturated heterocycles. The fourth-order valence-electron chi connectivity index (χ4n) is 4.18. The number of hydrogen-bond donors (Lipinski definition) is 0. The molecule has 0 unspecified atom stereocenters. The van der Waals surface area contributed by atoms with Crippen LogP contribution in [0.25, 0.3) is 33.3 Å². The molecule has 0 atom stereocenters. The summed E-state index contributed by atoms with van der Waals surface area (Å²) < 4.78 is 14.7. The van der Waals surface area contributed by atoms with Crippen molar-refractivity contribution in [3.63, 3.8) is 0 Å². The SMILES string of the molecule is COc1ccc2nc(-c3ccc(OCc4nn(C)cc4-c4ccc(=O)n(C)c4)cc3)c(C)cc2c1. The summed E-state index contributed by atoms with van der Waals surface area (Å²) in [6.07, 6.45) is 3.75. The van der Waals surface area contributed by atoms with E-state index in [0.29, 0.717) is 6.61 Å². The number of aromatic nitrogens is 4. The Kier molecular flexibility index (Phi) is 5.82.